The Morgan fingerprint density at radius 3 is 2.95 bits per heavy atom. The minimum atomic E-state index is -0.307. The van der Waals surface area contributed by atoms with Gasteiger partial charge < -0.3 is 14.8 Å². The zero-order valence-electron chi connectivity index (χ0n) is 11.2. The van der Waals surface area contributed by atoms with Gasteiger partial charge in [-0.2, -0.15) is 0 Å². The second kappa shape index (κ2) is 6.68. The average molecular weight is 332 g/mol. The van der Waals surface area contributed by atoms with Gasteiger partial charge in [0.1, 0.15) is 11.6 Å². The van der Waals surface area contributed by atoms with E-state index in [0.29, 0.717) is 16.1 Å². The van der Waals surface area contributed by atoms with Gasteiger partial charge in [0.05, 0.1) is 18.2 Å². The molecular weight excluding hydrogens is 313 g/mol. The van der Waals surface area contributed by atoms with Crippen molar-refractivity contribution in [1.82, 2.24) is 5.32 Å². The molecule has 1 aromatic rings. The van der Waals surface area contributed by atoms with Crippen LogP contribution in [0.15, 0.2) is 16.6 Å². The van der Waals surface area contributed by atoms with E-state index in [-0.39, 0.29) is 11.9 Å². The molecule has 19 heavy (non-hydrogen) atoms. The van der Waals surface area contributed by atoms with Gasteiger partial charge in [-0.25, -0.2) is 4.39 Å². The maximum atomic E-state index is 13.6. The number of nitrogens with one attached hydrogen (secondary N) is 1. The highest BCUT2D eigenvalue weighted by Gasteiger charge is 2.29. The number of hydrogen-bond donors (Lipinski definition) is 1. The molecule has 2 atom stereocenters. The van der Waals surface area contributed by atoms with Crippen molar-refractivity contribution in [2.45, 2.75) is 19.4 Å². The van der Waals surface area contributed by atoms with Crippen LogP contribution >= 0.6 is 15.9 Å². The number of rotatable bonds is 5. The fourth-order valence-electron chi connectivity index (χ4n) is 2.53. The van der Waals surface area contributed by atoms with Gasteiger partial charge in [0.25, 0.3) is 0 Å². The lowest BCUT2D eigenvalue weighted by molar-refractivity contribution is 0.176. The molecule has 106 valence electrons. The Balaban J connectivity index is 2.36. The number of methoxy groups -OCH3 is 1. The molecule has 0 saturated carbocycles. The molecule has 1 aromatic carbocycles. The van der Waals surface area contributed by atoms with Crippen LogP contribution in [-0.4, -0.2) is 26.9 Å². The van der Waals surface area contributed by atoms with Crippen molar-refractivity contribution >= 4 is 15.9 Å². The number of benzene rings is 1. The standard InChI is InChI=1S/C14H19BrFNO2/c1-3-17-14(9-4-5-19-8-9)10-6-11(15)12(16)7-13(10)18-2/h6-7,9,14,17H,3-5,8H2,1-2H3. The SMILES string of the molecule is CCNC(c1cc(Br)c(F)cc1OC)C1CCOC1. The van der Waals surface area contributed by atoms with Gasteiger partial charge >= 0.3 is 0 Å². The smallest absolute Gasteiger partial charge is 0.141 e. The Labute approximate surface area is 121 Å². The summed E-state index contributed by atoms with van der Waals surface area (Å²) in [6.45, 7) is 4.43. The Morgan fingerprint density at radius 2 is 2.37 bits per heavy atom. The van der Waals surface area contributed by atoms with Gasteiger partial charge in [-0.05, 0) is 35.0 Å². The second-order valence-electron chi connectivity index (χ2n) is 4.67. The molecule has 0 aliphatic carbocycles. The highest BCUT2D eigenvalue weighted by Crippen LogP contribution is 2.36. The molecule has 2 rings (SSSR count). The van der Waals surface area contributed by atoms with Crippen LogP contribution in [0.1, 0.15) is 24.9 Å². The lowest BCUT2D eigenvalue weighted by Gasteiger charge is -2.25. The summed E-state index contributed by atoms with van der Waals surface area (Å²) in [5.74, 6) is 0.670. The summed E-state index contributed by atoms with van der Waals surface area (Å²) < 4.78 is 24.9. The van der Waals surface area contributed by atoms with Crippen molar-refractivity contribution in [2.24, 2.45) is 5.92 Å². The first-order chi connectivity index (χ1) is 9.17. The molecule has 0 aromatic heterocycles. The molecule has 0 amide bonds. The third-order valence-corrected chi connectivity index (χ3v) is 4.08. The van der Waals surface area contributed by atoms with E-state index >= 15 is 0 Å². The van der Waals surface area contributed by atoms with Gasteiger partial charge in [-0.15, -0.1) is 0 Å². The van der Waals surface area contributed by atoms with E-state index < -0.39 is 0 Å². The molecule has 5 heteroatoms. The summed E-state index contributed by atoms with van der Waals surface area (Å²) in [5.41, 5.74) is 0.980. The predicted octanol–water partition coefficient (Wildman–Crippen LogP) is 3.28. The monoisotopic (exact) mass is 331 g/mol. The highest BCUT2D eigenvalue weighted by molar-refractivity contribution is 9.10. The Kier molecular flexibility index (Phi) is 5.19. The van der Waals surface area contributed by atoms with E-state index in [1.807, 2.05) is 0 Å². The van der Waals surface area contributed by atoms with Crippen LogP contribution in [0, 0.1) is 11.7 Å². The van der Waals surface area contributed by atoms with E-state index in [9.17, 15) is 4.39 Å². The molecule has 2 unspecified atom stereocenters. The normalized spacial score (nSPS) is 20.5. The van der Waals surface area contributed by atoms with Gasteiger partial charge in [0, 0.05) is 30.2 Å². The third kappa shape index (κ3) is 3.27. The molecular formula is C14H19BrFNO2. The summed E-state index contributed by atoms with van der Waals surface area (Å²) in [5, 5.41) is 3.46. The molecule has 0 bridgehead atoms. The van der Waals surface area contributed by atoms with Crippen LogP contribution < -0.4 is 10.1 Å². The van der Waals surface area contributed by atoms with Crippen LogP contribution in [0.3, 0.4) is 0 Å². The number of hydrogen-bond acceptors (Lipinski definition) is 3. The van der Waals surface area contributed by atoms with Crippen molar-refractivity contribution in [2.75, 3.05) is 26.9 Å². The van der Waals surface area contributed by atoms with Gasteiger partial charge in [0.2, 0.25) is 0 Å². The molecule has 1 saturated heterocycles. The second-order valence-corrected chi connectivity index (χ2v) is 5.52. The van der Waals surface area contributed by atoms with E-state index in [2.05, 4.69) is 28.2 Å². The van der Waals surface area contributed by atoms with E-state index in [4.69, 9.17) is 9.47 Å². The minimum absolute atomic E-state index is 0.124. The van der Waals surface area contributed by atoms with E-state index in [0.717, 1.165) is 31.7 Å². The van der Waals surface area contributed by atoms with E-state index in [1.54, 1.807) is 13.2 Å². The van der Waals surface area contributed by atoms with Crippen LogP contribution in [0.25, 0.3) is 0 Å². The van der Waals surface area contributed by atoms with Crippen molar-refractivity contribution in [3.05, 3.63) is 28.0 Å². The summed E-state index contributed by atoms with van der Waals surface area (Å²) in [7, 11) is 1.57. The van der Waals surface area contributed by atoms with Crippen LogP contribution in [0.2, 0.25) is 0 Å². The summed E-state index contributed by atoms with van der Waals surface area (Å²) in [6, 6.07) is 3.36. The highest BCUT2D eigenvalue weighted by atomic mass is 79.9. The first kappa shape index (κ1) is 14.8. The first-order valence-corrected chi connectivity index (χ1v) is 7.30. The summed E-state index contributed by atoms with van der Waals surface area (Å²) >= 11 is 3.25. The molecule has 1 heterocycles. The zero-order valence-corrected chi connectivity index (χ0v) is 12.8. The van der Waals surface area contributed by atoms with Crippen molar-refractivity contribution in [3.8, 4) is 5.75 Å². The maximum Gasteiger partial charge on any atom is 0.141 e. The molecule has 0 radical (unpaired) electrons. The molecule has 3 nitrogen and oxygen atoms in total. The largest absolute Gasteiger partial charge is 0.496 e. The Morgan fingerprint density at radius 1 is 1.58 bits per heavy atom. The Bertz CT molecular complexity index is 436. The summed E-state index contributed by atoms with van der Waals surface area (Å²) in [6.07, 6.45) is 1.01. The molecule has 1 aliphatic heterocycles. The maximum absolute atomic E-state index is 13.6. The van der Waals surface area contributed by atoms with Gasteiger partial charge in [-0.3, -0.25) is 0 Å². The average Bonchev–Trinajstić information content (AvgIpc) is 2.92. The van der Waals surface area contributed by atoms with Gasteiger partial charge in [0.15, 0.2) is 0 Å². The van der Waals surface area contributed by atoms with Crippen molar-refractivity contribution < 1.29 is 13.9 Å². The van der Waals surface area contributed by atoms with Crippen molar-refractivity contribution in [1.29, 1.82) is 0 Å². The predicted molar refractivity (Wildman–Crippen MR) is 76.0 cm³/mol. The minimum Gasteiger partial charge on any atom is -0.496 e. The van der Waals surface area contributed by atoms with Crippen LogP contribution in [-0.2, 0) is 4.74 Å². The molecule has 1 N–H and O–H groups in total. The third-order valence-electron chi connectivity index (χ3n) is 3.47. The molecule has 0 spiro atoms. The van der Waals surface area contributed by atoms with Crippen LogP contribution in [0.4, 0.5) is 4.39 Å². The first-order valence-electron chi connectivity index (χ1n) is 6.51. The van der Waals surface area contributed by atoms with Gasteiger partial charge in [-0.1, -0.05) is 6.92 Å². The fourth-order valence-corrected chi connectivity index (χ4v) is 2.89. The number of halogens is 2. The molecule has 1 aliphatic rings. The van der Waals surface area contributed by atoms with Crippen molar-refractivity contribution in [3.63, 3.8) is 0 Å². The van der Waals surface area contributed by atoms with E-state index in [1.165, 1.54) is 6.07 Å². The lowest BCUT2D eigenvalue weighted by atomic mass is 9.91. The topological polar surface area (TPSA) is 30.5 Å². The van der Waals surface area contributed by atoms with Crippen LogP contribution in [0.5, 0.6) is 5.75 Å². The lowest BCUT2D eigenvalue weighted by Crippen LogP contribution is -2.29. The Hall–Kier alpha value is -0.650. The molecule has 1 fully saturated rings. The summed E-state index contributed by atoms with van der Waals surface area (Å²) in [4.78, 5) is 0. The quantitative estimate of drug-likeness (QED) is 0.898. The number of ether oxygens (including phenoxy) is 2. The fraction of sp³-hybridized carbons (Fsp3) is 0.571. The zero-order chi connectivity index (χ0) is 13.8.